The molecule has 0 aliphatic carbocycles. The number of fused-ring (bicyclic) bond motifs is 1. The van der Waals surface area contributed by atoms with Crippen LogP contribution in [0, 0.1) is 5.82 Å². The van der Waals surface area contributed by atoms with Crippen LogP contribution < -0.4 is 5.73 Å². The first kappa shape index (κ1) is 14.3. The minimum atomic E-state index is -0.210. The molecule has 0 aromatic heterocycles. The van der Waals surface area contributed by atoms with E-state index < -0.39 is 0 Å². The van der Waals surface area contributed by atoms with Crippen LogP contribution in [0.2, 0.25) is 5.02 Å². The van der Waals surface area contributed by atoms with E-state index in [1.54, 1.807) is 12.1 Å². The lowest BCUT2D eigenvalue weighted by molar-refractivity contribution is 0.0725. The number of nitrogens with zero attached hydrogens (tertiary/aromatic N) is 2. The third kappa shape index (κ3) is 2.70. The zero-order valence-corrected chi connectivity index (χ0v) is 12.3. The molecule has 1 aromatic rings. The number of benzene rings is 1. The summed E-state index contributed by atoms with van der Waals surface area (Å²) in [5.74, 6) is -0.210. The SMILES string of the molecule is NCC(c1cc(Cl)ccc1F)N1CCN2CCCC2C1. The van der Waals surface area contributed by atoms with E-state index in [9.17, 15) is 4.39 Å². The zero-order chi connectivity index (χ0) is 14.1. The Kier molecular flexibility index (Phi) is 4.26. The largest absolute Gasteiger partial charge is 0.329 e. The Morgan fingerprint density at radius 2 is 2.20 bits per heavy atom. The van der Waals surface area contributed by atoms with Gasteiger partial charge >= 0.3 is 0 Å². The second-order valence-corrected chi connectivity index (χ2v) is 6.18. The monoisotopic (exact) mass is 297 g/mol. The van der Waals surface area contributed by atoms with E-state index in [1.165, 1.54) is 25.5 Å². The molecule has 2 N–H and O–H groups in total. The molecule has 110 valence electrons. The van der Waals surface area contributed by atoms with Crippen molar-refractivity contribution in [3.8, 4) is 0 Å². The van der Waals surface area contributed by atoms with Crippen molar-refractivity contribution in [2.45, 2.75) is 24.9 Å². The fraction of sp³-hybridized carbons (Fsp3) is 0.600. The first-order chi connectivity index (χ1) is 9.69. The fourth-order valence-electron chi connectivity index (χ4n) is 3.54. The van der Waals surface area contributed by atoms with Gasteiger partial charge in [0.1, 0.15) is 5.82 Å². The average molecular weight is 298 g/mol. The van der Waals surface area contributed by atoms with Crippen molar-refractivity contribution in [1.29, 1.82) is 0 Å². The van der Waals surface area contributed by atoms with Gasteiger partial charge in [-0.3, -0.25) is 9.80 Å². The maximum absolute atomic E-state index is 14.1. The summed E-state index contributed by atoms with van der Waals surface area (Å²) in [7, 11) is 0. The summed E-state index contributed by atoms with van der Waals surface area (Å²) in [4.78, 5) is 4.86. The predicted molar refractivity (Wildman–Crippen MR) is 79.4 cm³/mol. The molecule has 5 heteroatoms. The highest BCUT2D eigenvalue weighted by atomic mass is 35.5. The topological polar surface area (TPSA) is 32.5 Å². The van der Waals surface area contributed by atoms with Crippen LogP contribution in [0.1, 0.15) is 24.4 Å². The second-order valence-electron chi connectivity index (χ2n) is 5.74. The van der Waals surface area contributed by atoms with E-state index in [4.69, 9.17) is 17.3 Å². The van der Waals surface area contributed by atoms with E-state index in [0.29, 0.717) is 23.2 Å². The van der Waals surface area contributed by atoms with Gasteiger partial charge in [0.15, 0.2) is 0 Å². The Morgan fingerprint density at radius 3 is 3.00 bits per heavy atom. The highest BCUT2D eigenvalue weighted by Crippen LogP contribution is 2.30. The van der Waals surface area contributed by atoms with Crippen molar-refractivity contribution < 1.29 is 4.39 Å². The average Bonchev–Trinajstić information content (AvgIpc) is 2.91. The molecule has 2 aliphatic rings. The van der Waals surface area contributed by atoms with Crippen molar-refractivity contribution in [3.63, 3.8) is 0 Å². The summed E-state index contributed by atoms with van der Waals surface area (Å²) in [5.41, 5.74) is 6.56. The molecule has 2 atom stereocenters. The highest BCUT2D eigenvalue weighted by molar-refractivity contribution is 6.30. The van der Waals surface area contributed by atoms with Crippen molar-refractivity contribution in [2.24, 2.45) is 5.73 Å². The summed E-state index contributed by atoms with van der Waals surface area (Å²) < 4.78 is 14.1. The Hall–Kier alpha value is -0.680. The molecule has 2 aliphatic heterocycles. The molecule has 20 heavy (non-hydrogen) atoms. The van der Waals surface area contributed by atoms with E-state index in [0.717, 1.165) is 19.6 Å². The fourth-order valence-corrected chi connectivity index (χ4v) is 3.72. The summed E-state index contributed by atoms with van der Waals surface area (Å²) in [6.45, 7) is 4.61. The van der Waals surface area contributed by atoms with Gasteiger partial charge in [-0.1, -0.05) is 11.6 Å². The van der Waals surface area contributed by atoms with Gasteiger partial charge < -0.3 is 5.73 Å². The van der Waals surface area contributed by atoms with Gasteiger partial charge in [-0.15, -0.1) is 0 Å². The van der Waals surface area contributed by atoms with Gasteiger partial charge in [0, 0.05) is 42.8 Å². The molecular formula is C15H21ClFN3. The third-order valence-electron chi connectivity index (χ3n) is 4.60. The van der Waals surface area contributed by atoms with E-state index >= 15 is 0 Å². The van der Waals surface area contributed by atoms with Crippen LogP contribution in [-0.4, -0.2) is 48.6 Å². The molecule has 0 amide bonds. The molecule has 1 aromatic carbocycles. The third-order valence-corrected chi connectivity index (χ3v) is 4.83. The van der Waals surface area contributed by atoms with Crippen LogP contribution in [0.15, 0.2) is 18.2 Å². The second kappa shape index (κ2) is 5.98. The minimum Gasteiger partial charge on any atom is -0.329 e. The molecule has 0 spiro atoms. The molecule has 2 unspecified atom stereocenters. The Morgan fingerprint density at radius 1 is 1.35 bits per heavy atom. The molecule has 0 saturated carbocycles. The number of hydrogen-bond donors (Lipinski definition) is 1. The standard InChI is InChI=1S/C15H21ClFN3/c16-11-3-4-14(17)13(8-11)15(9-18)20-7-6-19-5-1-2-12(19)10-20/h3-4,8,12,15H,1-2,5-7,9-10,18H2. The van der Waals surface area contributed by atoms with Gasteiger partial charge in [0.05, 0.1) is 6.04 Å². The Balaban J connectivity index is 1.81. The predicted octanol–water partition coefficient (Wildman–Crippen LogP) is 2.26. The highest BCUT2D eigenvalue weighted by Gasteiger charge is 2.34. The van der Waals surface area contributed by atoms with Crippen LogP contribution in [0.25, 0.3) is 0 Å². The van der Waals surface area contributed by atoms with Crippen LogP contribution in [0.4, 0.5) is 4.39 Å². The lowest BCUT2D eigenvalue weighted by atomic mass is 10.0. The first-order valence-electron chi connectivity index (χ1n) is 7.32. The molecule has 0 radical (unpaired) electrons. The van der Waals surface area contributed by atoms with Crippen molar-refractivity contribution in [2.75, 3.05) is 32.7 Å². The van der Waals surface area contributed by atoms with Gasteiger partial charge in [-0.05, 0) is 37.6 Å². The molecule has 3 nitrogen and oxygen atoms in total. The van der Waals surface area contributed by atoms with Crippen LogP contribution >= 0.6 is 11.6 Å². The molecule has 2 fully saturated rings. The first-order valence-corrected chi connectivity index (χ1v) is 7.70. The van der Waals surface area contributed by atoms with E-state index in [-0.39, 0.29) is 11.9 Å². The van der Waals surface area contributed by atoms with E-state index in [1.807, 2.05) is 0 Å². The molecule has 2 saturated heterocycles. The van der Waals surface area contributed by atoms with Crippen molar-refractivity contribution >= 4 is 11.6 Å². The maximum atomic E-state index is 14.1. The normalized spacial score (nSPS) is 25.6. The quantitative estimate of drug-likeness (QED) is 0.929. The van der Waals surface area contributed by atoms with Crippen LogP contribution in [0.5, 0.6) is 0 Å². The molecular weight excluding hydrogens is 277 g/mol. The zero-order valence-electron chi connectivity index (χ0n) is 11.6. The number of piperazine rings is 1. The molecule has 0 bridgehead atoms. The van der Waals surface area contributed by atoms with Crippen molar-refractivity contribution in [1.82, 2.24) is 9.80 Å². The van der Waals surface area contributed by atoms with E-state index in [2.05, 4.69) is 9.80 Å². The Bertz CT molecular complexity index is 482. The summed E-state index contributed by atoms with van der Waals surface area (Å²) >= 11 is 6.01. The lowest BCUT2D eigenvalue weighted by Gasteiger charge is -2.41. The number of nitrogens with two attached hydrogens (primary N) is 1. The minimum absolute atomic E-state index is 0.0727. The van der Waals surface area contributed by atoms with Crippen LogP contribution in [-0.2, 0) is 0 Å². The lowest BCUT2D eigenvalue weighted by Crippen LogP contribution is -2.52. The summed E-state index contributed by atoms with van der Waals surface area (Å²) in [6.07, 6.45) is 2.52. The van der Waals surface area contributed by atoms with Gasteiger partial charge in [0.2, 0.25) is 0 Å². The van der Waals surface area contributed by atoms with Gasteiger partial charge in [-0.2, -0.15) is 0 Å². The summed E-state index contributed by atoms with van der Waals surface area (Å²) in [5, 5.41) is 0.569. The number of halogens is 2. The summed E-state index contributed by atoms with van der Waals surface area (Å²) in [6, 6.07) is 5.28. The smallest absolute Gasteiger partial charge is 0.128 e. The van der Waals surface area contributed by atoms with Gasteiger partial charge in [0.25, 0.3) is 0 Å². The maximum Gasteiger partial charge on any atom is 0.128 e. The van der Waals surface area contributed by atoms with Gasteiger partial charge in [-0.25, -0.2) is 4.39 Å². The van der Waals surface area contributed by atoms with Crippen LogP contribution in [0.3, 0.4) is 0 Å². The molecule has 3 rings (SSSR count). The number of hydrogen-bond acceptors (Lipinski definition) is 3. The number of rotatable bonds is 3. The molecule has 2 heterocycles. The van der Waals surface area contributed by atoms with Crippen molar-refractivity contribution in [3.05, 3.63) is 34.6 Å². The Labute approximate surface area is 124 Å².